The Morgan fingerprint density at radius 3 is 2.38 bits per heavy atom. The molecular weight excluding hydrogens is 374 g/mol. The summed E-state index contributed by atoms with van der Waals surface area (Å²) in [6, 6.07) is 19.4. The van der Waals surface area contributed by atoms with E-state index in [2.05, 4.69) is 10.5 Å². The first kappa shape index (κ1) is 19.6. The Morgan fingerprint density at radius 1 is 1.03 bits per heavy atom. The number of carbonyl (C=O) groups is 1. The number of nitro groups is 1. The van der Waals surface area contributed by atoms with Crippen LogP contribution in [0.15, 0.2) is 77.9 Å². The van der Waals surface area contributed by atoms with Crippen molar-refractivity contribution in [1.82, 2.24) is 0 Å². The maximum atomic E-state index is 12.4. The van der Waals surface area contributed by atoms with Crippen LogP contribution in [0.1, 0.15) is 15.9 Å². The molecule has 3 aromatic carbocycles. The van der Waals surface area contributed by atoms with Crippen LogP contribution in [0.25, 0.3) is 0 Å². The van der Waals surface area contributed by atoms with Crippen molar-refractivity contribution in [3.05, 3.63) is 94.0 Å². The number of hydrazone groups is 1. The van der Waals surface area contributed by atoms with Crippen molar-refractivity contribution in [1.29, 1.82) is 0 Å². The van der Waals surface area contributed by atoms with Crippen molar-refractivity contribution in [2.45, 2.75) is 0 Å². The van der Waals surface area contributed by atoms with E-state index in [9.17, 15) is 14.9 Å². The predicted octanol–water partition coefficient (Wildman–Crippen LogP) is 4.27. The van der Waals surface area contributed by atoms with Gasteiger partial charge in [-0.25, -0.2) is 4.79 Å². The van der Waals surface area contributed by atoms with Gasteiger partial charge in [0.2, 0.25) is 0 Å². The maximum Gasteiger partial charge on any atom is 0.343 e. The van der Waals surface area contributed by atoms with Gasteiger partial charge in [0.1, 0.15) is 11.5 Å². The van der Waals surface area contributed by atoms with Crippen molar-refractivity contribution in [2.75, 3.05) is 12.5 Å². The fraction of sp³-hybridized carbons (Fsp3) is 0.0476. The molecule has 8 heteroatoms. The highest BCUT2D eigenvalue weighted by atomic mass is 16.6. The molecule has 8 nitrogen and oxygen atoms in total. The van der Waals surface area contributed by atoms with Crippen LogP contribution < -0.4 is 14.9 Å². The Labute approximate surface area is 166 Å². The fourth-order valence-corrected chi connectivity index (χ4v) is 2.40. The van der Waals surface area contributed by atoms with Crippen LogP contribution in [0.5, 0.6) is 11.5 Å². The van der Waals surface area contributed by atoms with E-state index in [1.54, 1.807) is 67.8 Å². The molecule has 0 aromatic heterocycles. The van der Waals surface area contributed by atoms with Crippen LogP contribution in [0, 0.1) is 10.1 Å². The van der Waals surface area contributed by atoms with E-state index in [0.29, 0.717) is 28.3 Å². The average molecular weight is 391 g/mol. The predicted molar refractivity (Wildman–Crippen MR) is 109 cm³/mol. The summed E-state index contributed by atoms with van der Waals surface area (Å²) in [6.07, 6.45) is 1.50. The quantitative estimate of drug-likeness (QED) is 0.212. The second-order valence-electron chi connectivity index (χ2n) is 5.83. The number of methoxy groups -OCH3 is 1. The summed E-state index contributed by atoms with van der Waals surface area (Å²) in [5, 5.41) is 14.8. The Morgan fingerprint density at radius 2 is 1.72 bits per heavy atom. The Kier molecular flexibility index (Phi) is 6.16. The molecule has 1 N–H and O–H groups in total. The van der Waals surface area contributed by atoms with Crippen molar-refractivity contribution in [3.8, 4) is 11.5 Å². The van der Waals surface area contributed by atoms with Crippen LogP contribution >= 0.6 is 0 Å². The lowest BCUT2D eigenvalue weighted by molar-refractivity contribution is -0.384. The molecule has 0 fully saturated rings. The summed E-state index contributed by atoms with van der Waals surface area (Å²) in [4.78, 5) is 22.6. The number of anilines is 1. The van der Waals surface area contributed by atoms with Crippen molar-refractivity contribution in [2.24, 2.45) is 5.10 Å². The van der Waals surface area contributed by atoms with Crippen LogP contribution in [0.3, 0.4) is 0 Å². The molecule has 0 amide bonds. The maximum absolute atomic E-state index is 12.4. The molecule has 0 saturated carbocycles. The van der Waals surface area contributed by atoms with E-state index in [-0.39, 0.29) is 5.69 Å². The molecule has 3 rings (SSSR count). The molecule has 0 saturated heterocycles. The number of hydrogen-bond donors (Lipinski definition) is 1. The minimum atomic E-state index is -0.503. The highest BCUT2D eigenvalue weighted by Crippen LogP contribution is 2.20. The van der Waals surface area contributed by atoms with E-state index < -0.39 is 10.9 Å². The molecule has 0 aliphatic heterocycles. The number of nitro benzene ring substituents is 1. The second kappa shape index (κ2) is 9.14. The van der Waals surface area contributed by atoms with Gasteiger partial charge in [-0.1, -0.05) is 12.1 Å². The highest BCUT2D eigenvalue weighted by Gasteiger charge is 2.11. The monoisotopic (exact) mass is 391 g/mol. The van der Waals surface area contributed by atoms with E-state index >= 15 is 0 Å². The molecule has 146 valence electrons. The number of hydrogen-bond acceptors (Lipinski definition) is 7. The third-order valence-corrected chi connectivity index (χ3v) is 3.92. The van der Waals surface area contributed by atoms with Gasteiger partial charge in [-0.2, -0.15) is 5.10 Å². The van der Waals surface area contributed by atoms with Crippen molar-refractivity contribution >= 4 is 23.6 Å². The standard InChI is InChI=1S/C21H17N3O5/c1-28-19-12-6-15(7-13-19)21(25)29-20-5-3-2-4-16(20)14-22-23-17-8-10-18(11-9-17)24(26)27/h2-14,23H,1H3/b22-14-. The molecule has 0 atom stereocenters. The number of nitrogens with one attached hydrogen (secondary N) is 1. The molecule has 0 radical (unpaired) electrons. The zero-order valence-electron chi connectivity index (χ0n) is 15.4. The number of carbonyl (C=O) groups excluding carboxylic acids is 1. The fourth-order valence-electron chi connectivity index (χ4n) is 2.40. The largest absolute Gasteiger partial charge is 0.497 e. The third kappa shape index (κ3) is 5.16. The molecule has 0 heterocycles. The number of ether oxygens (including phenoxy) is 2. The molecule has 0 aliphatic rings. The first-order valence-corrected chi connectivity index (χ1v) is 8.55. The van der Waals surface area contributed by atoms with Gasteiger partial charge in [-0.05, 0) is 48.5 Å². The smallest absolute Gasteiger partial charge is 0.343 e. The number of esters is 1. The zero-order valence-corrected chi connectivity index (χ0v) is 15.4. The lowest BCUT2D eigenvalue weighted by atomic mass is 10.2. The highest BCUT2D eigenvalue weighted by molar-refractivity contribution is 5.93. The summed E-state index contributed by atoms with van der Waals surface area (Å²) < 4.78 is 10.6. The summed E-state index contributed by atoms with van der Waals surface area (Å²) in [6.45, 7) is 0. The molecule has 0 spiro atoms. The van der Waals surface area contributed by atoms with Crippen LogP contribution in [0.4, 0.5) is 11.4 Å². The van der Waals surface area contributed by atoms with Crippen LogP contribution in [-0.2, 0) is 0 Å². The lowest BCUT2D eigenvalue weighted by Crippen LogP contribution is -2.09. The van der Waals surface area contributed by atoms with Gasteiger partial charge in [0.05, 0.1) is 29.5 Å². The van der Waals surface area contributed by atoms with E-state index in [0.717, 1.165) is 0 Å². The first-order valence-electron chi connectivity index (χ1n) is 8.55. The summed E-state index contributed by atoms with van der Waals surface area (Å²) >= 11 is 0. The molecule has 0 unspecified atom stereocenters. The minimum Gasteiger partial charge on any atom is -0.497 e. The topological polar surface area (TPSA) is 103 Å². The van der Waals surface area contributed by atoms with Gasteiger partial charge in [-0.15, -0.1) is 0 Å². The minimum absolute atomic E-state index is 0.00433. The zero-order chi connectivity index (χ0) is 20.6. The first-order chi connectivity index (χ1) is 14.1. The average Bonchev–Trinajstić information content (AvgIpc) is 2.75. The van der Waals surface area contributed by atoms with Gasteiger partial charge in [0.15, 0.2) is 0 Å². The normalized spacial score (nSPS) is 10.5. The molecule has 29 heavy (non-hydrogen) atoms. The van der Waals surface area contributed by atoms with Gasteiger partial charge in [0.25, 0.3) is 5.69 Å². The number of non-ortho nitro benzene ring substituents is 1. The molecule has 0 aliphatic carbocycles. The van der Waals surface area contributed by atoms with E-state index in [1.165, 1.54) is 18.3 Å². The van der Waals surface area contributed by atoms with Gasteiger partial charge < -0.3 is 9.47 Å². The Hall–Kier alpha value is -4.20. The van der Waals surface area contributed by atoms with Gasteiger partial charge >= 0.3 is 5.97 Å². The van der Waals surface area contributed by atoms with Crippen molar-refractivity contribution in [3.63, 3.8) is 0 Å². The van der Waals surface area contributed by atoms with Gasteiger partial charge in [-0.3, -0.25) is 15.5 Å². The number of nitrogens with zero attached hydrogens (tertiary/aromatic N) is 2. The lowest BCUT2D eigenvalue weighted by Gasteiger charge is -2.08. The number of rotatable bonds is 7. The number of para-hydroxylation sites is 1. The number of benzene rings is 3. The molecule has 3 aromatic rings. The van der Waals surface area contributed by atoms with Crippen molar-refractivity contribution < 1.29 is 19.2 Å². The third-order valence-electron chi connectivity index (χ3n) is 3.92. The summed E-state index contributed by atoms with van der Waals surface area (Å²) in [5.41, 5.74) is 4.33. The Balaban J connectivity index is 1.68. The molecular formula is C21H17N3O5. The SMILES string of the molecule is COc1ccc(C(=O)Oc2ccccc2/C=N\Nc2ccc([N+](=O)[O-])cc2)cc1. The van der Waals surface area contributed by atoms with E-state index in [4.69, 9.17) is 9.47 Å². The molecule has 0 bridgehead atoms. The Bertz CT molecular complexity index is 1030. The van der Waals surface area contributed by atoms with E-state index in [1.807, 2.05) is 0 Å². The summed E-state index contributed by atoms with van der Waals surface area (Å²) in [5.74, 6) is 0.491. The second-order valence-corrected chi connectivity index (χ2v) is 5.83. The van der Waals surface area contributed by atoms with Gasteiger partial charge in [0, 0.05) is 17.7 Å². The van der Waals surface area contributed by atoms with Crippen LogP contribution in [-0.4, -0.2) is 24.2 Å². The summed E-state index contributed by atoms with van der Waals surface area (Å²) in [7, 11) is 1.55. The van der Waals surface area contributed by atoms with Crippen LogP contribution in [0.2, 0.25) is 0 Å².